The highest BCUT2D eigenvalue weighted by molar-refractivity contribution is 5.52. The van der Waals surface area contributed by atoms with Crippen molar-refractivity contribution < 1.29 is 28.5 Å². The minimum absolute atomic E-state index is 0.0895. The summed E-state index contributed by atoms with van der Waals surface area (Å²) >= 11 is 0. The Morgan fingerprint density at radius 2 is 1.80 bits per heavy atom. The van der Waals surface area contributed by atoms with Crippen LogP contribution in [0.25, 0.3) is 0 Å². The summed E-state index contributed by atoms with van der Waals surface area (Å²) in [5.74, 6) is 0.121. The second-order valence-electron chi connectivity index (χ2n) is 6.81. The Balaban J connectivity index is 1.63. The van der Waals surface area contributed by atoms with Crippen LogP contribution in [0.1, 0.15) is 12.1 Å². The van der Waals surface area contributed by atoms with E-state index in [1.165, 1.54) is 12.1 Å². The summed E-state index contributed by atoms with van der Waals surface area (Å²) in [5, 5.41) is 29.1. The molecule has 0 aromatic carbocycles. The second-order valence-corrected chi connectivity index (χ2v) is 6.81. The third-order valence-electron chi connectivity index (χ3n) is 4.88. The molecule has 2 aliphatic heterocycles. The molecular formula is C16H22F3N3O3. The zero-order chi connectivity index (χ0) is 18.2. The van der Waals surface area contributed by atoms with E-state index in [1.807, 2.05) is 4.90 Å². The predicted molar refractivity (Wildman–Crippen MR) is 84.0 cm³/mol. The topological polar surface area (TPSA) is 80.1 Å². The lowest BCUT2D eigenvalue weighted by Crippen LogP contribution is -2.56. The summed E-state index contributed by atoms with van der Waals surface area (Å²) in [6.07, 6.45) is -5.82. The highest BCUT2D eigenvalue weighted by Gasteiger charge is 2.39. The summed E-state index contributed by atoms with van der Waals surface area (Å²) in [6, 6.07) is 2.93. The Kier molecular flexibility index (Phi) is 5.19. The zero-order valence-electron chi connectivity index (χ0n) is 13.6. The summed E-state index contributed by atoms with van der Waals surface area (Å²) in [5.41, 5.74) is -0.783. The van der Waals surface area contributed by atoms with Crippen molar-refractivity contribution in [2.24, 2.45) is 5.92 Å². The molecule has 0 saturated carbocycles. The molecule has 3 heterocycles. The van der Waals surface area contributed by atoms with Gasteiger partial charge in [0, 0.05) is 38.9 Å². The van der Waals surface area contributed by atoms with Gasteiger partial charge in [-0.2, -0.15) is 13.2 Å². The van der Waals surface area contributed by atoms with E-state index in [0.29, 0.717) is 19.6 Å². The van der Waals surface area contributed by atoms with Crippen LogP contribution in [0, 0.1) is 5.92 Å². The van der Waals surface area contributed by atoms with E-state index >= 15 is 0 Å². The number of likely N-dealkylation sites (tertiary alicyclic amines) is 1. The van der Waals surface area contributed by atoms with Gasteiger partial charge in [-0.15, -0.1) is 0 Å². The average Bonchev–Trinajstić information content (AvgIpc) is 3.00. The van der Waals surface area contributed by atoms with Crippen LogP contribution in [0.4, 0.5) is 18.9 Å². The summed E-state index contributed by atoms with van der Waals surface area (Å²) in [6.45, 7) is 2.00. The quantitative estimate of drug-likeness (QED) is 0.720. The molecule has 9 heteroatoms. The van der Waals surface area contributed by atoms with Crippen LogP contribution in [-0.2, 0) is 6.18 Å². The number of piperidine rings is 1. The molecule has 2 saturated heterocycles. The van der Waals surface area contributed by atoms with Crippen molar-refractivity contribution in [3.05, 3.63) is 24.0 Å². The van der Waals surface area contributed by atoms with Crippen molar-refractivity contribution in [2.45, 2.75) is 30.9 Å². The fourth-order valence-electron chi connectivity index (χ4n) is 3.66. The molecule has 0 bridgehead atoms. The molecule has 6 nitrogen and oxygen atoms in total. The first-order valence-corrected chi connectivity index (χ1v) is 8.29. The van der Waals surface area contributed by atoms with Crippen LogP contribution in [-0.4, -0.2) is 76.2 Å². The molecule has 4 atom stereocenters. The van der Waals surface area contributed by atoms with Crippen LogP contribution in [0.5, 0.6) is 0 Å². The number of hydrogen-bond acceptors (Lipinski definition) is 6. The van der Waals surface area contributed by atoms with Gasteiger partial charge in [-0.25, -0.2) is 4.98 Å². The number of pyridine rings is 1. The highest BCUT2D eigenvalue weighted by Crippen LogP contribution is 2.36. The van der Waals surface area contributed by atoms with E-state index in [4.69, 9.17) is 0 Å². The van der Waals surface area contributed by atoms with Crippen molar-refractivity contribution >= 4 is 5.69 Å². The lowest BCUT2D eigenvalue weighted by molar-refractivity contribution is -0.140. The first-order chi connectivity index (χ1) is 11.8. The Morgan fingerprint density at radius 1 is 1.12 bits per heavy atom. The molecule has 25 heavy (non-hydrogen) atoms. The Hall–Kier alpha value is -1.42. The van der Waals surface area contributed by atoms with Crippen molar-refractivity contribution in [3.63, 3.8) is 0 Å². The average molecular weight is 361 g/mol. The summed E-state index contributed by atoms with van der Waals surface area (Å²) in [4.78, 5) is 7.03. The maximum atomic E-state index is 13.1. The van der Waals surface area contributed by atoms with Crippen LogP contribution < -0.4 is 4.90 Å². The Bertz CT molecular complexity index is 589. The summed E-state index contributed by atoms with van der Waals surface area (Å²) in [7, 11) is 0. The molecule has 3 N–H and O–H groups in total. The second kappa shape index (κ2) is 7.06. The van der Waals surface area contributed by atoms with Crippen LogP contribution in [0.3, 0.4) is 0 Å². The van der Waals surface area contributed by atoms with Gasteiger partial charge in [-0.05, 0) is 24.5 Å². The number of β-amino-alcohol motifs (C(OH)–C–C–N with tert-alkyl or cyclic N) is 2. The van der Waals surface area contributed by atoms with Crippen LogP contribution in [0.15, 0.2) is 18.3 Å². The maximum absolute atomic E-state index is 13.1. The first-order valence-electron chi connectivity index (χ1n) is 8.29. The molecule has 0 radical (unpaired) electrons. The van der Waals surface area contributed by atoms with Gasteiger partial charge >= 0.3 is 6.18 Å². The molecule has 1 aromatic heterocycles. The number of nitrogens with zero attached hydrogens (tertiary/aromatic N) is 3. The van der Waals surface area contributed by atoms with E-state index < -0.39 is 30.2 Å². The molecular weight excluding hydrogens is 339 g/mol. The Morgan fingerprint density at radius 3 is 2.44 bits per heavy atom. The number of anilines is 1. The standard InChI is InChI=1S/C16H22F3N3O3/c17-16(18,19)15-11(2-1-4-20-15)22-5-3-10(7-22)6-21-8-12(23)14(25)13(24)9-21/h1-2,4,10,12-14,23-25H,3,5-9H2/t10-,12-,13+,14+/m1/s1. The predicted octanol–water partition coefficient (Wildman–Crippen LogP) is 0.325. The van der Waals surface area contributed by atoms with Gasteiger partial charge in [0.2, 0.25) is 0 Å². The van der Waals surface area contributed by atoms with E-state index in [0.717, 1.165) is 12.6 Å². The van der Waals surface area contributed by atoms with Gasteiger partial charge in [-0.3, -0.25) is 4.90 Å². The van der Waals surface area contributed by atoms with Gasteiger partial charge in [-0.1, -0.05) is 0 Å². The lowest BCUT2D eigenvalue weighted by Gasteiger charge is -2.38. The minimum atomic E-state index is -4.49. The van der Waals surface area contributed by atoms with Crippen molar-refractivity contribution in [1.29, 1.82) is 0 Å². The molecule has 0 aliphatic carbocycles. The molecule has 0 amide bonds. The number of aliphatic hydroxyl groups excluding tert-OH is 3. The molecule has 0 unspecified atom stereocenters. The van der Waals surface area contributed by atoms with Crippen LogP contribution >= 0.6 is 0 Å². The molecule has 0 spiro atoms. The number of aromatic nitrogens is 1. The third kappa shape index (κ3) is 4.05. The number of rotatable bonds is 3. The minimum Gasteiger partial charge on any atom is -0.389 e. The van der Waals surface area contributed by atoms with Gasteiger partial charge in [0.15, 0.2) is 5.69 Å². The lowest BCUT2D eigenvalue weighted by atomic mass is 10.00. The molecule has 1 aromatic rings. The molecule has 3 rings (SSSR count). The van der Waals surface area contributed by atoms with Crippen LogP contribution in [0.2, 0.25) is 0 Å². The van der Waals surface area contributed by atoms with Gasteiger partial charge in [0.1, 0.15) is 6.10 Å². The van der Waals surface area contributed by atoms with Crippen molar-refractivity contribution in [3.8, 4) is 0 Å². The van der Waals surface area contributed by atoms with Gasteiger partial charge in [0.05, 0.1) is 17.9 Å². The fraction of sp³-hybridized carbons (Fsp3) is 0.688. The number of aliphatic hydroxyl groups is 3. The van der Waals surface area contributed by atoms with Gasteiger partial charge < -0.3 is 20.2 Å². The normalized spacial score (nSPS) is 31.5. The third-order valence-corrected chi connectivity index (χ3v) is 4.88. The largest absolute Gasteiger partial charge is 0.435 e. The van der Waals surface area contributed by atoms with Crippen molar-refractivity contribution in [1.82, 2.24) is 9.88 Å². The van der Waals surface area contributed by atoms with E-state index in [-0.39, 0.29) is 24.7 Å². The van der Waals surface area contributed by atoms with E-state index in [1.54, 1.807) is 4.90 Å². The SMILES string of the molecule is O[C@H]1[C@H](O)CN(C[C@H]2CCN(c3cccnc3C(F)(F)F)C2)C[C@@H]1O. The first kappa shape index (κ1) is 18.4. The zero-order valence-corrected chi connectivity index (χ0v) is 13.6. The monoisotopic (exact) mass is 361 g/mol. The maximum Gasteiger partial charge on any atom is 0.435 e. The number of alkyl halides is 3. The van der Waals surface area contributed by atoms with Crippen molar-refractivity contribution in [2.75, 3.05) is 37.6 Å². The molecule has 2 fully saturated rings. The smallest absolute Gasteiger partial charge is 0.389 e. The molecule has 2 aliphatic rings. The molecule has 140 valence electrons. The Labute approximate surface area is 143 Å². The van der Waals surface area contributed by atoms with Gasteiger partial charge in [0.25, 0.3) is 0 Å². The highest BCUT2D eigenvalue weighted by atomic mass is 19.4. The summed E-state index contributed by atoms with van der Waals surface area (Å²) < 4.78 is 39.4. The fourth-order valence-corrected chi connectivity index (χ4v) is 3.66. The number of hydrogen-bond donors (Lipinski definition) is 3. The van der Waals surface area contributed by atoms with E-state index in [9.17, 15) is 28.5 Å². The van der Waals surface area contributed by atoms with E-state index in [2.05, 4.69) is 4.98 Å². The number of halogens is 3.